The van der Waals surface area contributed by atoms with Crippen LogP contribution in [0.5, 0.6) is 5.75 Å². The third kappa shape index (κ3) is 7.44. The molecule has 14 nitrogen and oxygen atoms in total. The van der Waals surface area contributed by atoms with Gasteiger partial charge in [-0.15, -0.1) is 0 Å². The Kier molecular flexibility index (Phi) is 9.90. The normalized spacial score (nSPS) is 21.2. The Balaban J connectivity index is 1.53. The molecular weight excluding hydrogens is 613 g/mol. The summed E-state index contributed by atoms with van der Waals surface area (Å²) in [6.45, 7) is -0.432. The Morgan fingerprint density at radius 3 is 2.83 bits per heavy atom. The highest BCUT2D eigenvalue weighted by molar-refractivity contribution is 9.11. The van der Waals surface area contributed by atoms with Crippen molar-refractivity contribution in [1.82, 2.24) is 24.6 Å². The predicted octanol–water partition coefficient (Wildman–Crippen LogP) is 1.85. The van der Waals surface area contributed by atoms with Crippen LogP contribution in [0.25, 0.3) is 6.08 Å². The highest BCUT2D eigenvalue weighted by Crippen LogP contribution is 2.46. The van der Waals surface area contributed by atoms with E-state index in [-0.39, 0.29) is 24.2 Å². The molecule has 3 heterocycles. The van der Waals surface area contributed by atoms with Gasteiger partial charge in [0.25, 0.3) is 5.56 Å². The molecule has 2 aromatic heterocycles. The molecule has 0 bridgehead atoms. The number of carbonyl (C=O) groups is 1. The van der Waals surface area contributed by atoms with E-state index in [1.54, 1.807) is 30.3 Å². The number of esters is 1. The zero-order chi connectivity index (χ0) is 28.7. The number of para-hydroxylation sites is 1. The van der Waals surface area contributed by atoms with Crippen LogP contribution < -0.4 is 20.9 Å². The van der Waals surface area contributed by atoms with E-state index in [0.29, 0.717) is 5.69 Å². The molecule has 4 unspecified atom stereocenters. The summed E-state index contributed by atoms with van der Waals surface area (Å²) in [5, 5.41) is 13.3. The molecule has 4 rings (SSSR count). The van der Waals surface area contributed by atoms with Gasteiger partial charge in [-0.3, -0.25) is 23.7 Å². The smallest absolute Gasteiger partial charge is 0.459 e. The van der Waals surface area contributed by atoms with E-state index in [1.165, 1.54) is 36.9 Å². The van der Waals surface area contributed by atoms with Crippen LogP contribution in [0.15, 0.2) is 63.6 Å². The van der Waals surface area contributed by atoms with Gasteiger partial charge in [0.15, 0.2) is 0 Å². The summed E-state index contributed by atoms with van der Waals surface area (Å²) in [7, 11) is -3.10. The van der Waals surface area contributed by atoms with Crippen LogP contribution in [0.4, 0.5) is 0 Å². The van der Waals surface area contributed by atoms with Gasteiger partial charge in [0.05, 0.1) is 31.7 Å². The third-order valence-corrected chi connectivity index (χ3v) is 7.74. The van der Waals surface area contributed by atoms with Gasteiger partial charge in [0, 0.05) is 30.9 Å². The van der Waals surface area contributed by atoms with E-state index >= 15 is 0 Å². The first-order valence-corrected chi connectivity index (χ1v) is 14.4. The fraction of sp³-hybridized carbons (Fsp3) is 0.333. The SMILES string of the molecule is COC(=O)[C@H](Cc1cnc[nH]1)NP(=O)(OCC1OC(n2cc(C=CBr)c(=O)[nH]c2=O)CC1O)Oc1ccccc1. The van der Waals surface area contributed by atoms with Crippen LogP contribution in [-0.4, -0.2) is 62.6 Å². The molecule has 5 atom stereocenters. The van der Waals surface area contributed by atoms with E-state index in [9.17, 15) is 24.1 Å². The van der Waals surface area contributed by atoms with E-state index in [0.717, 1.165) is 4.57 Å². The largest absolute Gasteiger partial charge is 0.468 e. The molecule has 4 N–H and O–H groups in total. The monoisotopic (exact) mass is 639 g/mol. The molecule has 0 amide bonds. The molecular formula is C24H27BrN5O9P. The van der Waals surface area contributed by atoms with Gasteiger partial charge in [0.2, 0.25) is 0 Å². The first-order valence-electron chi connectivity index (χ1n) is 12.0. The Hall–Kier alpha value is -3.33. The van der Waals surface area contributed by atoms with Crippen LogP contribution in [0, 0.1) is 0 Å². The molecule has 1 saturated heterocycles. The molecule has 1 aliphatic heterocycles. The second kappa shape index (κ2) is 13.4. The third-order valence-electron chi connectivity index (χ3n) is 5.91. The van der Waals surface area contributed by atoms with Crippen LogP contribution in [0.3, 0.4) is 0 Å². The minimum atomic E-state index is -4.29. The zero-order valence-corrected chi connectivity index (χ0v) is 23.6. The number of nitrogens with one attached hydrogen (secondary N) is 3. The number of aliphatic hydroxyl groups excluding tert-OH is 1. The highest BCUT2D eigenvalue weighted by Gasteiger charge is 2.40. The van der Waals surface area contributed by atoms with Crippen molar-refractivity contribution in [1.29, 1.82) is 0 Å². The lowest BCUT2D eigenvalue weighted by Gasteiger charge is -2.25. The first-order chi connectivity index (χ1) is 19.2. The van der Waals surface area contributed by atoms with Gasteiger partial charge in [-0.25, -0.2) is 14.3 Å². The number of halogens is 1. The molecule has 1 aromatic carbocycles. The van der Waals surface area contributed by atoms with Gasteiger partial charge in [-0.2, -0.15) is 5.09 Å². The summed E-state index contributed by atoms with van der Waals surface area (Å²) >= 11 is 3.09. The maximum Gasteiger partial charge on any atom is 0.459 e. The number of imidazole rings is 1. The number of hydrogen-bond donors (Lipinski definition) is 4. The van der Waals surface area contributed by atoms with E-state index in [4.69, 9.17) is 18.5 Å². The number of H-pyrrole nitrogens is 2. The van der Waals surface area contributed by atoms with E-state index in [2.05, 4.69) is 36.0 Å². The van der Waals surface area contributed by atoms with Crippen LogP contribution >= 0.6 is 23.7 Å². The average molecular weight is 640 g/mol. The number of hydrogen-bond acceptors (Lipinski definition) is 10. The second-order valence-electron chi connectivity index (χ2n) is 8.66. The molecule has 40 heavy (non-hydrogen) atoms. The summed E-state index contributed by atoms with van der Waals surface area (Å²) in [4.78, 5) is 47.4. The lowest BCUT2D eigenvalue weighted by molar-refractivity contribution is -0.142. The molecule has 16 heteroatoms. The highest BCUT2D eigenvalue weighted by atomic mass is 79.9. The van der Waals surface area contributed by atoms with Gasteiger partial charge in [-0.05, 0) is 23.2 Å². The molecule has 1 fully saturated rings. The fourth-order valence-electron chi connectivity index (χ4n) is 3.95. The number of methoxy groups -OCH3 is 1. The van der Waals surface area contributed by atoms with Crippen molar-refractivity contribution in [2.45, 2.75) is 37.3 Å². The van der Waals surface area contributed by atoms with Crippen molar-refractivity contribution in [2.75, 3.05) is 13.7 Å². The Morgan fingerprint density at radius 1 is 1.38 bits per heavy atom. The van der Waals surface area contributed by atoms with Gasteiger partial charge < -0.3 is 24.1 Å². The van der Waals surface area contributed by atoms with Crippen LogP contribution in [0.1, 0.15) is 23.9 Å². The summed E-state index contributed by atoms with van der Waals surface area (Å²) in [6, 6.07) is 7.02. The summed E-state index contributed by atoms with van der Waals surface area (Å²) in [5.74, 6) is -0.528. The summed E-state index contributed by atoms with van der Waals surface area (Å²) in [5.41, 5.74) is -0.567. The summed E-state index contributed by atoms with van der Waals surface area (Å²) in [6.07, 6.45) is 2.61. The van der Waals surface area contributed by atoms with Gasteiger partial charge in [-0.1, -0.05) is 34.1 Å². The van der Waals surface area contributed by atoms with E-state index < -0.39 is 56.0 Å². The van der Waals surface area contributed by atoms with Crippen molar-refractivity contribution in [3.05, 3.63) is 86.1 Å². The zero-order valence-electron chi connectivity index (χ0n) is 21.1. The fourth-order valence-corrected chi connectivity index (χ4v) is 5.74. The maximum absolute atomic E-state index is 13.9. The predicted molar refractivity (Wildman–Crippen MR) is 146 cm³/mol. The standard InChI is InChI=1S/C24H27BrN5O9P/c1-36-23(33)18(9-16-11-26-14-27-16)29-40(35,39-17-5-3-2-4-6-17)37-13-20-19(31)10-21(38-20)30-12-15(7-8-25)22(32)28-24(30)34/h2-8,11-12,14,18-21,31H,9-10,13H2,1H3,(H,26,27)(H,29,35)(H,28,32,34)/t18-,19?,20?,21?,40?/m0/s1. The number of ether oxygens (including phenoxy) is 2. The Labute approximate surface area is 236 Å². The second-order valence-corrected chi connectivity index (χ2v) is 10.9. The lowest BCUT2D eigenvalue weighted by Crippen LogP contribution is -2.40. The van der Waals surface area contributed by atoms with Gasteiger partial charge in [0.1, 0.15) is 24.1 Å². The molecule has 0 saturated carbocycles. The number of nitrogens with zero attached hydrogens (tertiary/aromatic N) is 2. The van der Waals surface area contributed by atoms with Crippen molar-refractivity contribution in [2.24, 2.45) is 0 Å². The Bertz CT molecular complexity index is 1480. The number of carbonyl (C=O) groups excluding carboxylic acids is 1. The molecule has 214 valence electrons. The molecule has 3 aromatic rings. The van der Waals surface area contributed by atoms with Crippen LogP contribution in [0.2, 0.25) is 0 Å². The minimum Gasteiger partial charge on any atom is -0.468 e. The topological polar surface area (TPSA) is 187 Å². The number of rotatable bonds is 12. The van der Waals surface area contributed by atoms with Crippen molar-refractivity contribution < 1.29 is 33.0 Å². The van der Waals surface area contributed by atoms with Gasteiger partial charge >= 0.3 is 19.4 Å². The Morgan fingerprint density at radius 2 is 2.15 bits per heavy atom. The van der Waals surface area contributed by atoms with Crippen molar-refractivity contribution in [3.63, 3.8) is 0 Å². The quantitative estimate of drug-likeness (QED) is 0.167. The molecule has 0 aliphatic carbocycles. The van der Waals surface area contributed by atoms with Crippen molar-refractivity contribution in [3.8, 4) is 5.75 Å². The van der Waals surface area contributed by atoms with Crippen molar-refractivity contribution >= 4 is 35.7 Å². The van der Waals surface area contributed by atoms with Crippen LogP contribution in [-0.2, 0) is 29.8 Å². The minimum absolute atomic E-state index is 0.0146. The van der Waals surface area contributed by atoms with E-state index in [1.807, 2.05) is 0 Å². The molecule has 0 radical (unpaired) electrons. The number of aromatic nitrogens is 4. The maximum atomic E-state index is 13.9. The lowest BCUT2D eigenvalue weighted by atomic mass is 10.2. The number of aliphatic hydroxyl groups is 1. The number of aromatic amines is 2. The molecule has 1 aliphatic rings. The molecule has 0 spiro atoms. The number of benzene rings is 1. The average Bonchev–Trinajstić information content (AvgIpc) is 3.58. The first kappa shape index (κ1) is 29.6. The summed E-state index contributed by atoms with van der Waals surface area (Å²) < 4.78 is 37.1.